The molecule has 3 aromatic rings. The first-order chi connectivity index (χ1) is 14.5. The normalized spacial score (nSPS) is 15.3. The van der Waals surface area contributed by atoms with E-state index in [1.807, 2.05) is 29.6 Å². The molecule has 1 saturated heterocycles. The number of likely N-dealkylation sites (N-methyl/N-ethyl adjacent to an activating group) is 1. The Hall–Kier alpha value is -2.06. The van der Waals surface area contributed by atoms with Crippen molar-refractivity contribution >= 4 is 38.9 Å². The molecule has 7 heteroatoms. The standard InChI is InChI=1S/C23H25BrN4OS/c1-27-9-11-28(12-10-27)15-17-3-2-4-18(13-17)23-26-21(16-30-23)14-22(29)25-20-7-5-19(24)6-8-20/h2-8,13,16H,9-12,14-15H2,1H3,(H,25,29). The van der Waals surface area contributed by atoms with Gasteiger partial charge in [0.1, 0.15) is 5.01 Å². The first kappa shape index (κ1) is 21.2. The molecule has 4 rings (SSSR count). The quantitative estimate of drug-likeness (QED) is 0.559. The van der Waals surface area contributed by atoms with Gasteiger partial charge in [0, 0.05) is 53.8 Å². The Morgan fingerprint density at radius 2 is 1.90 bits per heavy atom. The molecule has 1 fully saturated rings. The van der Waals surface area contributed by atoms with Crippen molar-refractivity contribution in [2.24, 2.45) is 0 Å². The fourth-order valence-corrected chi connectivity index (χ4v) is 4.57. The number of aromatic nitrogens is 1. The van der Waals surface area contributed by atoms with Crippen LogP contribution in [0.2, 0.25) is 0 Å². The highest BCUT2D eigenvalue weighted by Crippen LogP contribution is 2.25. The maximum atomic E-state index is 12.3. The van der Waals surface area contributed by atoms with E-state index in [4.69, 9.17) is 4.98 Å². The number of rotatable bonds is 6. The van der Waals surface area contributed by atoms with E-state index < -0.39 is 0 Å². The van der Waals surface area contributed by atoms with E-state index in [9.17, 15) is 4.79 Å². The molecule has 1 aliphatic heterocycles. The molecular formula is C23H25BrN4OS. The van der Waals surface area contributed by atoms with Crippen molar-refractivity contribution in [2.45, 2.75) is 13.0 Å². The molecule has 1 aromatic heterocycles. The van der Waals surface area contributed by atoms with Gasteiger partial charge >= 0.3 is 0 Å². The Kier molecular flexibility index (Phi) is 6.94. The maximum absolute atomic E-state index is 12.3. The third-order valence-electron chi connectivity index (χ3n) is 5.20. The lowest BCUT2D eigenvalue weighted by molar-refractivity contribution is -0.115. The highest BCUT2D eigenvalue weighted by atomic mass is 79.9. The topological polar surface area (TPSA) is 48.5 Å². The lowest BCUT2D eigenvalue weighted by Gasteiger charge is -2.32. The molecule has 0 saturated carbocycles. The van der Waals surface area contributed by atoms with Gasteiger partial charge in [0.15, 0.2) is 0 Å². The van der Waals surface area contributed by atoms with Crippen molar-refractivity contribution in [3.63, 3.8) is 0 Å². The summed E-state index contributed by atoms with van der Waals surface area (Å²) in [5.74, 6) is -0.0574. The highest BCUT2D eigenvalue weighted by molar-refractivity contribution is 9.10. The number of nitrogens with one attached hydrogen (secondary N) is 1. The van der Waals surface area contributed by atoms with Crippen LogP contribution in [0, 0.1) is 0 Å². The van der Waals surface area contributed by atoms with Crippen LogP contribution in [-0.2, 0) is 17.8 Å². The molecule has 156 valence electrons. The summed E-state index contributed by atoms with van der Waals surface area (Å²) in [7, 11) is 2.18. The molecule has 5 nitrogen and oxygen atoms in total. The summed E-state index contributed by atoms with van der Waals surface area (Å²) in [6.07, 6.45) is 0.271. The van der Waals surface area contributed by atoms with E-state index in [0.29, 0.717) is 0 Å². The Bertz CT molecular complexity index is 996. The van der Waals surface area contributed by atoms with Crippen LogP contribution >= 0.6 is 27.3 Å². The van der Waals surface area contributed by atoms with E-state index in [2.05, 4.69) is 62.4 Å². The smallest absolute Gasteiger partial charge is 0.230 e. The number of carbonyl (C=O) groups is 1. The fraction of sp³-hybridized carbons (Fsp3) is 0.304. The number of thiazole rings is 1. The number of hydrogen-bond donors (Lipinski definition) is 1. The largest absolute Gasteiger partial charge is 0.326 e. The molecule has 0 atom stereocenters. The zero-order valence-corrected chi connectivity index (χ0v) is 19.4. The monoisotopic (exact) mass is 484 g/mol. The number of amides is 1. The van der Waals surface area contributed by atoms with E-state index in [1.54, 1.807) is 11.3 Å². The molecule has 0 radical (unpaired) electrons. The molecule has 1 N–H and O–H groups in total. The Labute approximate surface area is 189 Å². The predicted octanol–water partition coefficient (Wildman–Crippen LogP) is 4.50. The Balaban J connectivity index is 1.37. The van der Waals surface area contributed by atoms with Gasteiger partial charge in [-0.15, -0.1) is 11.3 Å². The second-order valence-corrected chi connectivity index (χ2v) is 9.43. The number of piperazine rings is 1. The zero-order chi connectivity index (χ0) is 20.9. The van der Waals surface area contributed by atoms with Crippen molar-refractivity contribution in [3.05, 3.63) is 69.6 Å². The summed E-state index contributed by atoms with van der Waals surface area (Å²) >= 11 is 4.99. The summed E-state index contributed by atoms with van der Waals surface area (Å²) in [6, 6.07) is 16.2. The fourth-order valence-electron chi connectivity index (χ4n) is 3.49. The molecule has 2 heterocycles. The first-order valence-corrected chi connectivity index (χ1v) is 11.7. The van der Waals surface area contributed by atoms with Gasteiger partial charge in [-0.05, 0) is 42.9 Å². The van der Waals surface area contributed by atoms with Crippen LogP contribution < -0.4 is 5.32 Å². The van der Waals surface area contributed by atoms with Crippen LogP contribution in [0.3, 0.4) is 0 Å². The van der Waals surface area contributed by atoms with E-state index >= 15 is 0 Å². The number of anilines is 1. The SMILES string of the molecule is CN1CCN(Cc2cccc(-c3nc(CC(=O)Nc4ccc(Br)cc4)cs3)c2)CC1. The minimum absolute atomic E-state index is 0.0574. The van der Waals surface area contributed by atoms with Gasteiger partial charge < -0.3 is 10.2 Å². The lowest BCUT2D eigenvalue weighted by Crippen LogP contribution is -2.43. The van der Waals surface area contributed by atoms with E-state index in [0.717, 1.165) is 59.1 Å². The van der Waals surface area contributed by atoms with Gasteiger partial charge in [-0.25, -0.2) is 4.98 Å². The average Bonchev–Trinajstić information content (AvgIpc) is 3.20. The second-order valence-electron chi connectivity index (χ2n) is 7.66. The van der Waals surface area contributed by atoms with Gasteiger partial charge in [0.2, 0.25) is 5.91 Å². The van der Waals surface area contributed by atoms with Crippen LogP contribution in [0.4, 0.5) is 5.69 Å². The van der Waals surface area contributed by atoms with Crippen LogP contribution in [0.1, 0.15) is 11.3 Å². The number of hydrogen-bond acceptors (Lipinski definition) is 5. The van der Waals surface area contributed by atoms with Crippen molar-refractivity contribution in [1.29, 1.82) is 0 Å². The van der Waals surface area contributed by atoms with Gasteiger partial charge in [-0.1, -0.05) is 34.1 Å². The van der Waals surface area contributed by atoms with Crippen LogP contribution in [-0.4, -0.2) is 53.9 Å². The van der Waals surface area contributed by atoms with Gasteiger partial charge in [0.05, 0.1) is 12.1 Å². The number of carbonyl (C=O) groups excluding carboxylic acids is 1. The third-order valence-corrected chi connectivity index (χ3v) is 6.67. The Morgan fingerprint density at radius 3 is 2.67 bits per heavy atom. The number of nitrogens with zero attached hydrogens (tertiary/aromatic N) is 3. The molecule has 0 unspecified atom stereocenters. The van der Waals surface area contributed by atoms with Crippen molar-refractivity contribution in [3.8, 4) is 10.6 Å². The average molecular weight is 485 g/mol. The highest BCUT2D eigenvalue weighted by Gasteiger charge is 2.15. The minimum Gasteiger partial charge on any atom is -0.326 e. The van der Waals surface area contributed by atoms with E-state index in [-0.39, 0.29) is 12.3 Å². The van der Waals surface area contributed by atoms with Crippen LogP contribution in [0.5, 0.6) is 0 Å². The molecule has 2 aromatic carbocycles. The molecule has 30 heavy (non-hydrogen) atoms. The minimum atomic E-state index is -0.0574. The molecule has 1 aliphatic rings. The summed E-state index contributed by atoms with van der Waals surface area (Å²) < 4.78 is 0.986. The Morgan fingerprint density at radius 1 is 1.13 bits per heavy atom. The summed E-state index contributed by atoms with van der Waals surface area (Å²) in [5.41, 5.74) is 4.01. The number of benzene rings is 2. The third kappa shape index (κ3) is 5.76. The second kappa shape index (κ2) is 9.83. The van der Waals surface area contributed by atoms with Crippen molar-refractivity contribution < 1.29 is 4.79 Å². The van der Waals surface area contributed by atoms with Gasteiger partial charge in [-0.2, -0.15) is 0 Å². The van der Waals surface area contributed by atoms with Crippen LogP contribution in [0.25, 0.3) is 10.6 Å². The summed E-state index contributed by atoms with van der Waals surface area (Å²) in [4.78, 5) is 21.9. The summed E-state index contributed by atoms with van der Waals surface area (Å²) in [5, 5.41) is 5.86. The van der Waals surface area contributed by atoms with Crippen molar-refractivity contribution in [1.82, 2.24) is 14.8 Å². The maximum Gasteiger partial charge on any atom is 0.230 e. The lowest BCUT2D eigenvalue weighted by atomic mass is 10.1. The van der Waals surface area contributed by atoms with E-state index in [1.165, 1.54) is 5.56 Å². The first-order valence-electron chi connectivity index (χ1n) is 10.1. The number of halogens is 1. The molecule has 0 bridgehead atoms. The molecule has 0 spiro atoms. The van der Waals surface area contributed by atoms with Crippen molar-refractivity contribution in [2.75, 3.05) is 38.5 Å². The molecular weight excluding hydrogens is 460 g/mol. The summed E-state index contributed by atoms with van der Waals surface area (Å²) in [6.45, 7) is 5.43. The molecule has 0 aliphatic carbocycles. The molecule has 1 amide bonds. The van der Waals surface area contributed by atoms with Gasteiger partial charge in [-0.3, -0.25) is 9.69 Å². The predicted molar refractivity (Wildman–Crippen MR) is 127 cm³/mol. The van der Waals surface area contributed by atoms with Gasteiger partial charge in [0.25, 0.3) is 0 Å². The zero-order valence-electron chi connectivity index (χ0n) is 17.0. The van der Waals surface area contributed by atoms with Crippen LogP contribution in [0.15, 0.2) is 58.4 Å².